The van der Waals surface area contributed by atoms with Crippen molar-refractivity contribution in [3.8, 4) is 0 Å². The molecule has 144 valence electrons. The van der Waals surface area contributed by atoms with Crippen LogP contribution in [0.15, 0.2) is 48.5 Å². The van der Waals surface area contributed by atoms with E-state index in [2.05, 4.69) is 12.2 Å². The molecule has 0 bridgehead atoms. The molecule has 0 aliphatic heterocycles. The van der Waals surface area contributed by atoms with Crippen molar-refractivity contribution in [1.29, 1.82) is 0 Å². The van der Waals surface area contributed by atoms with Gasteiger partial charge in [-0.1, -0.05) is 44.0 Å². The molecule has 0 unspecified atom stereocenters. The largest absolute Gasteiger partial charge is 0.352 e. The summed E-state index contributed by atoms with van der Waals surface area (Å²) in [5.74, 6) is -0.407. The van der Waals surface area contributed by atoms with E-state index >= 15 is 0 Å². The minimum Gasteiger partial charge on any atom is -0.352 e. The normalized spacial score (nSPS) is 10.5. The van der Waals surface area contributed by atoms with Crippen LogP contribution in [0.25, 0.3) is 0 Å². The molecule has 0 spiro atoms. The van der Waals surface area contributed by atoms with Crippen LogP contribution in [0.2, 0.25) is 0 Å². The molecule has 4 nitrogen and oxygen atoms in total. The van der Waals surface area contributed by atoms with Gasteiger partial charge in [-0.15, -0.1) is 0 Å². The molecule has 0 saturated carbocycles. The van der Waals surface area contributed by atoms with E-state index in [0.717, 1.165) is 30.4 Å². The lowest BCUT2D eigenvalue weighted by molar-refractivity contribution is -0.119. The van der Waals surface area contributed by atoms with E-state index in [4.69, 9.17) is 0 Å². The molecule has 0 heterocycles. The van der Waals surface area contributed by atoms with E-state index in [1.807, 2.05) is 17.0 Å². The van der Waals surface area contributed by atoms with Gasteiger partial charge in [0.15, 0.2) is 0 Å². The highest BCUT2D eigenvalue weighted by Gasteiger charge is 2.16. The highest BCUT2D eigenvalue weighted by Crippen LogP contribution is 2.14. The number of carbonyl (C=O) groups is 2. The molecule has 0 atom stereocenters. The third-order valence-electron chi connectivity index (χ3n) is 4.35. The molecular formula is C22H27FN2O2. The number of benzene rings is 2. The Labute approximate surface area is 160 Å². The number of hydrogen-bond acceptors (Lipinski definition) is 2. The Kier molecular flexibility index (Phi) is 7.99. The third kappa shape index (κ3) is 6.85. The smallest absolute Gasteiger partial charge is 0.254 e. The quantitative estimate of drug-likeness (QED) is 0.669. The van der Waals surface area contributed by atoms with Crippen LogP contribution in [-0.2, 0) is 17.9 Å². The van der Waals surface area contributed by atoms with Crippen molar-refractivity contribution in [2.24, 2.45) is 0 Å². The first-order valence-electron chi connectivity index (χ1n) is 9.36. The van der Waals surface area contributed by atoms with Crippen LogP contribution >= 0.6 is 0 Å². The summed E-state index contributed by atoms with van der Waals surface area (Å²) < 4.78 is 13.1. The molecular weight excluding hydrogens is 343 g/mol. The molecule has 2 amide bonds. The Hall–Kier alpha value is -2.69. The molecule has 5 heteroatoms. The van der Waals surface area contributed by atoms with Crippen molar-refractivity contribution in [2.45, 2.75) is 46.2 Å². The van der Waals surface area contributed by atoms with Crippen molar-refractivity contribution in [1.82, 2.24) is 10.2 Å². The molecule has 0 radical (unpaired) electrons. The van der Waals surface area contributed by atoms with Crippen LogP contribution in [0.3, 0.4) is 0 Å². The van der Waals surface area contributed by atoms with E-state index < -0.39 is 0 Å². The molecule has 0 fully saturated rings. The molecule has 0 aromatic heterocycles. The van der Waals surface area contributed by atoms with E-state index in [0.29, 0.717) is 25.2 Å². The van der Waals surface area contributed by atoms with E-state index in [1.165, 1.54) is 19.1 Å². The second kappa shape index (κ2) is 10.5. The number of carbonyl (C=O) groups excluding carboxylic acids is 2. The minimum atomic E-state index is -0.280. The van der Waals surface area contributed by atoms with Crippen LogP contribution in [0.1, 0.15) is 54.6 Å². The van der Waals surface area contributed by atoms with Gasteiger partial charge in [-0.25, -0.2) is 4.39 Å². The first-order valence-corrected chi connectivity index (χ1v) is 9.36. The number of hydrogen-bond donors (Lipinski definition) is 1. The van der Waals surface area contributed by atoms with Crippen LogP contribution in [0.5, 0.6) is 0 Å². The monoisotopic (exact) mass is 370 g/mol. The van der Waals surface area contributed by atoms with Crippen molar-refractivity contribution in [3.63, 3.8) is 0 Å². The Morgan fingerprint density at radius 3 is 2.19 bits per heavy atom. The van der Waals surface area contributed by atoms with E-state index in [1.54, 1.807) is 24.3 Å². The average Bonchev–Trinajstić information content (AvgIpc) is 2.67. The van der Waals surface area contributed by atoms with Gasteiger partial charge in [0.1, 0.15) is 5.82 Å². The zero-order valence-corrected chi connectivity index (χ0v) is 16.0. The Bertz CT molecular complexity index is 742. The maximum absolute atomic E-state index is 13.1. The summed E-state index contributed by atoms with van der Waals surface area (Å²) in [5.41, 5.74) is 2.46. The Morgan fingerprint density at radius 2 is 1.59 bits per heavy atom. The van der Waals surface area contributed by atoms with Crippen molar-refractivity contribution in [3.05, 3.63) is 71.0 Å². The zero-order valence-electron chi connectivity index (χ0n) is 16.0. The summed E-state index contributed by atoms with van der Waals surface area (Å²) in [4.78, 5) is 25.8. The Balaban J connectivity index is 2.09. The average molecular weight is 370 g/mol. The summed E-state index contributed by atoms with van der Waals surface area (Å²) in [6.07, 6.45) is 3.07. The summed E-state index contributed by atoms with van der Waals surface area (Å²) >= 11 is 0. The predicted octanol–water partition coefficient (Wildman–Crippen LogP) is 4.29. The first-order chi connectivity index (χ1) is 13.0. The number of unbranched alkanes of at least 4 members (excludes halogenated alkanes) is 2. The lowest BCUT2D eigenvalue weighted by Crippen LogP contribution is -2.31. The molecule has 2 aromatic rings. The number of nitrogens with zero attached hydrogens (tertiary/aromatic N) is 1. The summed E-state index contributed by atoms with van der Waals surface area (Å²) in [6, 6.07) is 13.5. The van der Waals surface area contributed by atoms with Gasteiger partial charge in [0, 0.05) is 32.1 Å². The lowest BCUT2D eigenvalue weighted by Gasteiger charge is -2.23. The predicted molar refractivity (Wildman–Crippen MR) is 105 cm³/mol. The van der Waals surface area contributed by atoms with Gasteiger partial charge in [0.25, 0.3) is 5.91 Å². The molecule has 0 saturated heterocycles. The standard InChI is InChI=1S/C22H27FN2O2/c1-3-4-5-14-25(16-19-8-12-21(23)13-9-19)22(27)20-10-6-18(7-11-20)15-24-17(2)26/h6-13H,3-5,14-16H2,1-2H3,(H,24,26). The highest BCUT2D eigenvalue weighted by atomic mass is 19.1. The van der Waals surface area contributed by atoms with Crippen LogP contribution in [0, 0.1) is 5.82 Å². The van der Waals surface area contributed by atoms with Crippen molar-refractivity contribution in [2.75, 3.05) is 6.54 Å². The Morgan fingerprint density at radius 1 is 0.963 bits per heavy atom. The maximum Gasteiger partial charge on any atom is 0.254 e. The van der Waals surface area contributed by atoms with Crippen LogP contribution in [0.4, 0.5) is 4.39 Å². The third-order valence-corrected chi connectivity index (χ3v) is 4.35. The summed E-state index contributed by atoms with van der Waals surface area (Å²) in [6.45, 7) is 5.16. The number of nitrogens with one attached hydrogen (secondary N) is 1. The highest BCUT2D eigenvalue weighted by molar-refractivity contribution is 5.94. The summed E-state index contributed by atoms with van der Waals surface area (Å²) in [5, 5.41) is 2.74. The van der Waals surface area contributed by atoms with Gasteiger partial charge in [-0.3, -0.25) is 9.59 Å². The lowest BCUT2D eigenvalue weighted by atomic mass is 10.1. The second-order valence-electron chi connectivity index (χ2n) is 6.67. The van der Waals surface area contributed by atoms with Gasteiger partial charge in [-0.2, -0.15) is 0 Å². The molecule has 1 N–H and O–H groups in total. The zero-order chi connectivity index (χ0) is 19.6. The number of amides is 2. The fourth-order valence-corrected chi connectivity index (χ4v) is 2.79. The first kappa shape index (κ1) is 20.6. The fraction of sp³-hybridized carbons (Fsp3) is 0.364. The van der Waals surface area contributed by atoms with Crippen molar-refractivity contribution >= 4 is 11.8 Å². The molecule has 0 aliphatic carbocycles. The topological polar surface area (TPSA) is 49.4 Å². The van der Waals surface area contributed by atoms with Gasteiger partial charge < -0.3 is 10.2 Å². The van der Waals surface area contributed by atoms with Gasteiger partial charge in [0.05, 0.1) is 0 Å². The van der Waals surface area contributed by atoms with E-state index in [9.17, 15) is 14.0 Å². The van der Waals surface area contributed by atoms with Gasteiger partial charge in [0.2, 0.25) is 5.91 Å². The maximum atomic E-state index is 13.1. The van der Waals surface area contributed by atoms with E-state index in [-0.39, 0.29) is 17.6 Å². The molecule has 2 aromatic carbocycles. The van der Waals surface area contributed by atoms with Crippen LogP contribution in [-0.4, -0.2) is 23.3 Å². The molecule has 2 rings (SSSR count). The van der Waals surface area contributed by atoms with Crippen LogP contribution < -0.4 is 5.32 Å². The molecule has 0 aliphatic rings. The van der Waals surface area contributed by atoms with Gasteiger partial charge in [-0.05, 0) is 41.8 Å². The molecule has 27 heavy (non-hydrogen) atoms. The SMILES string of the molecule is CCCCCN(Cc1ccc(F)cc1)C(=O)c1ccc(CNC(C)=O)cc1. The summed E-state index contributed by atoms with van der Waals surface area (Å²) in [7, 11) is 0. The minimum absolute atomic E-state index is 0.0403. The van der Waals surface area contributed by atoms with Gasteiger partial charge >= 0.3 is 0 Å². The van der Waals surface area contributed by atoms with Crippen molar-refractivity contribution < 1.29 is 14.0 Å². The fourth-order valence-electron chi connectivity index (χ4n) is 2.79. The second-order valence-corrected chi connectivity index (χ2v) is 6.67. The number of rotatable bonds is 9. The number of halogens is 1.